The maximum atomic E-state index is 10.9. The van der Waals surface area contributed by atoms with Gasteiger partial charge in [-0.1, -0.05) is 0 Å². The van der Waals surface area contributed by atoms with Crippen LogP contribution in [0.2, 0.25) is 0 Å². The molecule has 19 heavy (non-hydrogen) atoms. The second-order valence-corrected chi connectivity index (χ2v) is 6.22. The molecule has 1 saturated heterocycles. The third-order valence-corrected chi connectivity index (χ3v) is 3.73. The first kappa shape index (κ1) is 14.2. The summed E-state index contributed by atoms with van der Waals surface area (Å²) in [4.78, 5) is 10.7. The van der Waals surface area contributed by atoms with Crippen molar-refractivity contribution in [3.8, 4) is 0 Å². The summed E-state index contributed by atoms with van der Waals surface area (Å²) in [5.41, 5.74) is 0.926. The van der Waals surface area contributed by atoms with Crippen molar-refractivity contribution in [2.75, 3.05) is 24.5 Å². The Morgan fingerprint density at radius 2 is 2.37 bits per heavy atom. The molecule has 3 N–H and O–H groups in total. The molecule has 1 aliphatic rings. The van der Waals surface area contributed by atoms with Gasteiger partial charge in [0, 0.05) is 31.5 Å². The number of nitrogens with two attached hydrogens (primary N) is 1. The standard InChI is InChI=1S/C11H19N5O2S/c1-9-4-5-13-11(15-9)16-6-2-3-10(8-16)7-14-19(12,17)18/h4-5,10,14H,2-3,6-8H2,1H3,(H2,12,17,18). The van der Waals surface area contributed by atoms with Crippen molar-refractivity contribution in [1.82, 2.24) is 14.7 Å². The second-order valence-electron chi connectivity index (χ2n) is 4.85. The van der Waals surface area contributed by atoms with E-state index in [9.17, 15) is 8.42 Å². The summed E-state index contributed by atoms with van der Waals surface area (Å²) in [5, 5.41) is 4.94. The normalized spacial score (nSPS) is 20.5. The monoisotopic (exact) mass is 285 g/mol. The van der Waals surface area contributed by atoms with Crippen molar-refractivity contribution in [2.45, 2.75) is 19.8 Å². The molecular weight excluding hydrogens is 266 g/mol. The lowest BCUT2D eigenvalue weighted by Gasteiger charge is -2.32. The van der Waals surface area contributed by atoms with E-state index < -0.39 is 10.2 Å². The first-order chi connectivity index (χ1) is 8.94. The Labute approximate surface area is 113 Å². The van der Waals surface area contributed by atoms with E-state index in [1.165, 1.54) is 0 Å². The molecule has 0 amide bonds. The van der Waals surface area contributed by atoms with Crippen LogP contribution in [0, 0.1) is 12.8 Å². The van der Waals surface area contributed by atoms with E-state index in [1.807, 2.05) is 13.0 Å². The zero-order chi connectivity index (χ0) is 13.9. The van der Waals surface area contributed by atoms with E-state index in [4.69, 9.17) is 5.14 Å². The third kappa shape index (κ3) is 4.41. The number of anilines is 1. The summed E-state index contributed by atoms with van der Waals surface area (Å²) in [6.07, 6.45) is 3.71. The minimum atomic E-state index is -3.61. The summed E-state index contributed by atoms with van der Waals surface area (Å²) in [6, 6.07) is 1.85. The van der Waals surface area contributed by atoms with Gasteiger partial charge >= 0.3 is 0 Å². The molecule has 1 aliphatic heterocycles. The van der Waals surface area contributed by atoms with Gasteiger partial charge in [-0.2, -0.15) is 8.42 Å². The maximum Gasteiger partial charge on any atom is 0.274 e. The summed E-state index contributed by atoms with van der Waals surface area (Å²) >= 11 is 0. The molecule has 1 aromatic rings. The first-order valence-corrected chi connectivity index (χ1v) is 7.80. The quantitative estimate of drug-likeness (QED) is 0.797. The fraction of sp³-hybridized carbons (Fsp3) is 0.636. The van der Waals surface area contributed by atoms with Crippen molar-refractivity contribution in [2.24, 2.45) is 11.1 Å². The zero-order valence-corrected chi connectivity index (χ0v) is 11.7. The van der Waals surface area contributed by atoms with Gasteiger partial charge in [0.25, 0.3) is 10.2 Å². The van der Waals surface area contributed by atoms with Crippen LogP contribution >= 0.6 is 0 Å². The van der Waals surface area contributed by atoms with E-state index in [0.29, 0.717) is 12.5 Å². The van der Waals surface area contributed by atoms with Crippen LogP contribution < -0.4 is 14.8 Å². The lowest BCUT2D eigenvalue weighted by molar-refractivity contribution is 0.407. The predicted octanol–water partition coefficient (Wildman–Crippen LogP) is -0.205. The number of nitrogens with zero attached hydrogens (tertiary/aromatic N) is 3. The predicted molar refractivity (Wildman–Crippen MR) is 72.8 cm³/mol. The van der Waals surface area contributed by atoms with Gasteiger partial charge in [0.15, 0.2) is 0 Å². The average Bonchev–Trinajstić information content (AvgIpc) is 2.36. The third-order valence-electron chi connectivity index (χ3n) is 3.16. The van der Waals surface area contributed by atoms with Gasteiger partial charge in [0.05, 0.1) is 0 Å². The van der Waals surface area contributed by atoms with Crippen LogP contribution in [0.15, 0.2) is 12.3 Å². The van der Waals surface area contributed by atoms with Crippen LogP contribution in [-0.2, 0) is 10.2 Å². The van der Waals surface area contributed by atoms with Crippen molar-refractivity contribution in [1.29, 1.82) is 0 Å². The van der Waals surface area contributed by atoms with Crippen molar-refractivity contribution in [3.05, 3.63) is 18.0 Å². The highest BCUT2D eigenvalue weighted by atomic mass is 32.2. The Bertz CT molecular complexity index is 534. The van der Waals surface area contributed by atoms with E-state index in [0.717, 1.165) is 31.6 Å². The molecule has 1 unspecified atom stereocenters. The molecule has 106 valence electrons. The lowest BCUT2D eigenvalue weighted by atomic mass is 9.99. The molecule has 0 spiro atoms. The summed E-state index contributed by atoms with van der Waals surface area (Å²) < 4.78 is 24.2. The number of hydrogen-bond acceptors (Lipinski definition) is 5. The number of nitrogens with one attached hydrogen (secondary N) is 1. The summed E-state index contributed by atoms with van der Waals surface area (Å²) in [6.45, 7) is 3.93. The summed E-state index contributed by atoms with van der Waals surface area (Å²) in [7, 11) is -3.61. The number of piperidine rings is 1. The van der Waals surface area contributed by atoms with E-state index in [1.54, 1.807) is 6.20 Å². The number of aromatic nitrogens is 2. The largest absolute Gasteiger partial charge is 0.340 e. The van der Waals surface area contributed by atoms with Gasteiger partial charge in [-0.3, -0.25) is 0 Å². The molecule has 1 fully saturated rings. The highest BCUT2D eigenvalue weighted by molar-refractivity contribution is 7.87. The van der Waals surface area contributed by atoms with Crippen LogP contribution in [-0.4, -0.2) is 38.0 Å². The van der Waals surface area contributed by atoms with Gasteiger partial charge in [-0.25, -0.2) is 19.8 Å². The molecule has 0 saturated carbocycles. The Hall–Kier alpha value is -1.25. The SMILES string of the molecule is Cc1ccnc(N2CCCC(CNS(N)(=O)=O)C2)n1. The van der Waals surface area contributed by atoms with Gasteiger partial charge in [-0.05, 0) is 31.7 Å². The van der Waals surface area contributed by atoms with Crippen LogP contribution in [0.1, 0.15) is 18.5 Å². The second kappa shape index (κ2) is 5.81. The molecule has 0 aromatic carbocycles. The maximum absolute atomic E-state index is 10.9. The molecule has 2 heterocycles. The minimum absolute atomic E-state index is 0.233. The Kier molecular flexibility index (Phi) is 4.33. The van der Waals surface area contributed by atoms with E-state index >= 15 is 0 Å². The van der Waals surface area contributed by atoms with Gasteiger partial charge in [-0.15, -0.1) is 0 Å². The van der Waals surface area contributed by atoms with Crippen LogP contribution in [0.25, 0.3) is 0 Å². The molecule has 1 aromatic heterocycles. The molecule has 0 radical (unpaired) electrons. The Morgan fingerprint density at radius 3 is 3.05 bits per heavy atom. The Morgan fingerprint density at radius 1 is 1.58 bits per heavy atom. The molecule has 0 aliphatic carbocycles. The van der Waals surface area contributed by atoms with Crippen LogP contribution in [0.5, 0.6) is 0 Å². The minimum Gasteiger partial charge on any atom is -0.340 e. The van der Waals surface area contributed by atoms with Crippen molar-refractivity contribution in [3.63, 3.8) is 0 Å². The first-order valence-electron chi connectivity index (χ1n) is 6.26. The van der Waals surface area contributed by atoms with Gasteiger partial charge < -0.3 is 4.90 Å². The zero-order valence-electron chi connectivity index (χ0n) is 10.9. The topological polar surface area (TPSA) is 101 Å². The highest BCUT2D eigenvalue weighted by Gasteiger charge is 2.22. The number of rotatable bonds is 4. The number of hydrogen-bond donors (Lipinski definition) is 2. The van der Waals surface area contributed by atoms with E-state index in [-0.39, 0.29) is 5.92 Å². The molecule has 1 atom stereocenters. The number of aryl methyl sites for hydroxylation is 1. The Balaban J connectivity index is 1.97. The smallest absolute Gasteiger partial charge is 0.274 e. The average molecular weight is 285 g/mol. The molecular formula is C11H19N5O2S. The highest BCUT2D eigenvalue weighted by Crippen LogP contribution is 2.19. The van der Waals surface area contributed by atoms with Gasteiger partial charge in [0.2, 0.25) is 5.95 Å². The molecule has 0 bridgehead atoms. The van der Waals surface area contributed by atoms with E-state index in [2.05, 4.69) is 19.6 Å². The molecule has 8 heteroatoms. The molecule has 7 nitrogen and oxygen atoms in total. The van der Waals surface area contributed by atoms with Crippen molar-refractivity contribution >= 4 is 16.2 Å². The molecule has 2 rings (SSSR count). The fourth-order valence-electron chi connectivity index (χ4n) is 2.24. The van der Waals surface area contributed by atoms with Crippen LogP contribution in [0.3, 0.4) is 0 Å². The van der Waals surface area contributed by atoms with Gasteiger partial charge in [0.1, 0.15) is 0 Å². The summed E-state index contributed by atoms with van der Waals surface area (Å²) in [5.74, 6) is 0.941. The van der Waals surface area contributed by atoms with Crippen LogP contribution in [0.4, 0.5) is 5.95 Å². The van der Waals surface area contributed by atoms with Crippen molar-refractivity contribution < 1.29 is 8.42 Å². The fourth-order valence-corrected chi connectivity index (χ4v) is 2.70. The lowest BCUT2D eigenvalue weighted by Crippen LogP contribution is -2.43.